The topological polar surface area (TPSA) is 15.8 Å². The Labute approximate surface area is 78.8 Å². The van der Waals surface area contributed by atoms with Crippen LogP contribution in [-0.2, 0) is 0 Å². The lowest BCUT2D eigenvalue weighted by molar-refractivity contribution is 0.869. The Morgan fingerprint density at radius 1 is 1.15 bits per heavy atom. The largest absolute Gasteiger partial charge is 0.359 e. The lowest BCUT2D eigenvalue weighted by Gasteiger charge is -2.03. The zero-order chi connectivity index (χ0) is 9.42. The van der Waals surface area contributed by atoms with Gasteiger partial charge in [-0.05, 0) is 42.0 Å². The van der Waals surface area contributed by atoms with Crippen LogP contribution in [-0.4, -0.2) is 4.98 Å². The molecule has 1 N–H and O–H groups in total. The zero-order valence-corrected chi connectivity index (χ0v) is 8.39. The summed E-state index contributed by atoms with van der Waals surface area (Å²) in [6, 6.07) is 8.82. The number of aromatic amines is 1. The van der Waals surface area contributed by atoms with Gasteiger partial charge in [-0.3, -0.25) is 0 Å². The van der Waals surface area contributed by atoms with E-state index in [2.05, 4.69) is 50.0 Å². The Morgan fingerprint density at radius 2 is 1.92 bits per heavy atom. The second kappa shape index (κ2) is 2.91. The molecule has 1 nitrogen and oxygen atoms in total. The van der Waals surface area contributed by atoms with Crippen molar-refractivity contribution in [3.05, 3.63) is 35.5 Å². The summed E-state index contributed by atoms with van der Waals surface area (Å²) in [7, 11) is 0. The van der Waals surface area contributed by atoms with E-state index in [0.29, 0.717) is 5.92 Å². The summed E-state index contributed by atoms with van der Waals surface area (Å²) >= 11 is 0. The van der Waals surface area contributed by atoms with Crippen molar-refractivity contribution in [1.29, 1.82) is 0 Å². The molecular weight excluding hydrogens is 158 g/mol. The van der Waals surface area contributed by atoms with E-state index in [0.717, 1.165) is 0 Å². The van der Waals surface area contributed by atoms with Crippen LogP contribution in [0.15, 0.2) is 24.3 Å². The first-order chi connectivity index (χ1) is 6.16. The lowest BCUT2D eigenvalue weighted by atomic mass is 10.0. The smallest absolute Gasteiger partial charge is 0.0456 e. The van der Waals surface area contributed by atoms with Crippen LogP contribution in [0, 0.1) is 6.92 Å². The SMILES string of the molecule is Cc1cc2cc(C(C)C)ccc2[nH]1. The first-order valence-corrected chi connectivity index (χ1v) is 4.76. The fourth-order valence-electron chi connectivity index (χ4n) is 1.66. The van der Waals surface area contributed by atoms with Crippen LogP contribution in [0.1, 0.15) is 31.0 Å². The maximum absolute atomic E-state index is 3.32. The van der Waals surface area contributed by atoms with E-state index in [9.17, 15) is 0 Å². The normalized spacial score (nSPS) is 11.4. The van der Waals surface area contributed by atoms with Gasteiger partial charge in [0.1, 0.15) is 0 Å². The van der Waals surface area contributed by atoms with Crippen LogP contribution >= 0.6 is 0 Å². The van der Waals surface area contributed by atoms with Crippen molar-refractivity contribution in [1.82, 2.24) is 4.98 Å². The van der Waals surface area contributed by atoms with Gasteiger partial charge in [0.15, 0.2) is 0 Å². The molecule has 0 spiro atoms. The van der Waals surface area contributed by atoms with E-state index in [1.165, 1.54) is 22.2 Å². The number of rotatable bonds is 1. The van der Waals surface area contributed by atoms with Gasteiger partial charge in [-0.15, -0.1) is 0 Å². The predicted octanol–water partition coefficient (Wildman–Crippen LogP) is 3.60. The molecule has 1 aromatic carbocycles. The molecule has 0 aliphatic heterocycles. The van der Waals surface area contributed by atoms with E-state index in [-0.39, 0.29) is 0 Å². The molecule has 1 heteroatoms. The molecule has 1 heterocycles. The Bertz CT molecular complexity index is 424. The number of aromatic nitrogens is 1. The van der Waals surface area contributed by atoms with E-state index >= 15 is 0 Å². The average molecular weight is 173 g/mol. The highest BCUT2D eigenvalue weighted by Gasteiger charge is 2.01. The monoisotopic (exact) mass is 173 g/mol. The molecule has 0 atom stereocenters. The fraction of sp³-hybridized carbons (Fsp3) is 0.333. The number of H-pyrrole nitrogens is 1. The molecule has 0 amide bonds. The summed E-state index contributed by atoms with van der Waals surface area (Å²) in [6.45, 7) is 6.54. The number of hydrogen-bond acceptors (Lipinski definition) is 0. The van der Waals surface area contributed by atoms with Crippen molar-refractivity contribution in [2.75, 3.05) is 0 Å². The van der Waals surface area contributed by atoms with E-state index in [4.69, 9.17) is 0 Å². The summed E-state index contributed by atoms with van der Waals surface area (Å²) in [6.07, 6.45) is 0. The van der Waals surface area contributed by atoms with Gasteiger partial charge in [-0.25, -0.2) is 0 Å². The second-order valence-electron chi connectivity index (χ2n) is 3.95. The summed E-state index contributed by atoms with van der Waals surface area (Å²) in [5.41, 5.74) is 3.88. The molecule has 0 radical (unpaired) electrons. The maximum Gasteiger partial charge on any atom is 0.0456 e. The van der Waals surface area contributed by atoms with Crippen molar-refractivity contribution in [3.8, 4) is 0 Å². The Kier molecular flexibility index (Phi) is 1.87. The third-order valence-corrected chi connectivity index (χ3v) is 2.45. The minimum absolute atomic E-state index is 0.611. The van der Waals surface area contributed by atoms with Gasteiger partial charge in [0.2, 0.25) is 0 Å². The number of nitrogens with one attached hydrogen (secondary N) is 1. The van der Waals surface area contributed by atoms with Crippen LogP contribution in [0.3, 0.4) is 0 Å². The molecule has 0 aliphatic carbocycles. The molecule has 0 bridgehead atoms. The highest BCUT2D eigenvalue weighted by Crippen LogP contribution is 2.21. The standard InChI is InChI=1S/C12H15N/c1-8(2)10-4-5-12-11(7-10)6-9(3)13-12/h4-8,13H,1-3H3. The van der Waals surface area contributed by atoms with Gasteiger partial charge in [-0.2, -0.15) is 0 Å². The Balaban J connectivity index is 2.61. The maximum atomic E-state index is 3.32. The number of fused-ring (bicyclic) bond motifs is 1. The quantitative estimate of drug-likeness (QED) is 0.678. The highest BCUT2D eigenvalue weighted by atomic mass is 14.7. The van der Waals surface area contributed by atoms with E-state index < -0.39 is 0 Å². The Morgan fingerprint density at radius 3 is 2.62 bits per heavy atom. The lowest BCUT2D eigenvalue weighted by Crippen LogP contribution is -1.85. The molecule has 0 unspecified atom stereocenters. The molecule has 0 fully saturated rings. The minimum atomic E-state index is 0.611. The fourth-order valence-corrected chi connectivity index (χ4v) is 1.66. The summed E-state index contributed by atoms with van der Waals surface area (Å²) in [5, 5.41) is 1.32. The second-order valence-corrected chi connectivity index (χ2v) is 3.95. The molecule has 0 saturated carbocycles. The van der Waals surface area contributed by atoms with Gasteiger partial charge in [0.05, 0.1) is 0 Å². The van der Waals surface area contributed by atoms with Crippen molar-refractivity contribution >= 4 is 10.9 Å². The van der Waals surface area contributed by atoms with Crippen molar-refractivity contribution < 1.29 is 0 Å². The van der Waals surface area contributed by atoms with Gasteiger partial charge in [0.25, 0.3) is 0 Å². The van der Waals surface area contributed by atoms with Gasteiger partial charge in [-0.1, -0.05) is 19.9 Å². The summed E-state index contributed by atoms with van der Waals surface area (Å²) in [5.74, 6) is 0.611. The van der Waals surface area contributed by atoms with E-state index in [1.807, 2.05) is 0 Å². The van der Waals surface area contributed by atoms with Crippen LogP contribution in [0.25, 0.3) is 10.9 Å². The highest BCUT2D eigenvalue weighted by molar-refractivity contribution is 5.81. The number of aryl methyl sites for hydroxylation is 1. The van der Waals surface area contributed by atoms with Gasteiger partial charge in [0, 0.05) is 11.2 Å². The molecule has 0 aliphatic rings. The first-order valence-electron chi connectivity index (χ1n) is 4.76. The predicted molar refractivity (Wildman–Crippen MR) is 57.1 cm³/mol. The van der Waals surface area contributed by atoms with Gasteiger partial charge >= 0.3 is 0 Å². The third-order valence-electron chi connectivity index (χ3n) is 2.45. The molecular formula is C12H15N. The molecule has 0 saturated heterocycles. The summed E-state index contributed by atoms with van der Waals surface area (Å²) < 4.78 is 0. The number of benzene rings is 1. The molecule has 2 aromatic rings. The molecule has 1 aromatic heterocycles. The van der Waals surface area contributed by atoms with E-state index in [1.54, 1.807) is 0 Å². The van der Waals surface area contributed by atoms with Gasteiger partial charge < -0.3 is 4.98 Å². The first kappa shape index (κ1) is 8.36. The number of hydrogen-bond donors (Lipinski definition) is 1. The Hall–Kier alpha value is -1.24. The molecule has 13 heavy (non-hydrogen) atoms. The van der Waals surface area contributed by atoms with Crippen LogP contribution in [0.5, 0.6) is 0 Å². The molecule has 2 rings (SSSR count). The minimum Gasteiger partial charge on any atom is -0.359 e. The van der Waals surface area contributed by atoms with Crippen molar-refractivity contribution in [2.45, 2.75) is 26.7 Å². The molecule has 68 valence electrons. The zero-order valence-electron chi connectivity index (χ0n) is 8.39. The third kappa shape index (κ3) is 1.46. The summed E-state index contributed by atoms with van der Waals surface area (Å²) in [4.78, 5) is 3.32. The van der Waals surface area contributed by atoms with Crippen LogP contribution in [0.4, 0.5) is 0 Å². The van der Waals surface area contributed by atoms with Crippen molar-refractivity contribution in [3.63, 3.8) is 0 Å². The average Bonchev–Trinajstić information content (AvgIpc) is 2.42. The van der Waals surface area contributed by atoms with Crippen molar-refractivity contribution in [2.24, 2.45) is 0 Å². The van der Waals surface area contributed by atoms with Crippen LogP contribution < -0.4 is 0 Å². The van der Waals surface area contributed by atoms with Crippen LogP contribution in [0.2, 0.25) is 0 Å².